The Morgan fingerprint density at radius 3 is 2.50 bits per heavy atom. The molecule has 0 amide bonds. The number of hydrogen-bond acceptors (Lipinski definition) is 3. The molecule has 1 N–H and O–H groups in total. The first-order chi connectivity index (χ1) is 15.2. The molecule has 2 aromatic rings. The Balaban J connectivity index is 1.62. The number of rotatable bonds is 6. The van der Waals surface area contributed by atoms with E-state index in [1.54, 1.807) is 0 Å². The standard InChI is InChI=1S/C26H30F2O4/c1-4-5-15-8-11-23-17(12-15)24-19(26(2,3)32-23)14-18(25(29)30)22(31-24)10-7-16-6-9-20(27)21(28)13-16/h6,8-9,11-13,18-19,22,24H,4-5,7,10,14H2,1-3H3,(H,29,30)/t18-,19-,22-,24+/m0/s1. The van der Waals surface area contributed by atoms with Crippen LogP contribution in [0.5, 0.6) is 5.75 Å². The molecule has 6 heteroatoms. The van der Waals surface area contributed by atoms with Crippen LogP contribution in [0.3, 0.4) is 0 Å². The second-order valence-electron chi connectivity index (χ2n) is 9.50. The van der Waals surface area contributed by atoms with Gasteiger partial charge in [0.15, 0.2) is 11.6 Å². The maximum absolute atomic E-state index is 13.6. The molecule has 1 fully saturated rings. The minimum Gasteiger partial charge on any atom is -0.487 e. The molecule has 4 nitrogen and oxygen atoms in total. The molecule has 2 aliphatic heterocycles. The quantitative estimate of drug-likeness (QED) is 0.606. The topological polar surface area (TPSA) is 55.8 Å². The first-order valence-corrected chi connectivity index (χ1v) is 11.3. The van der Waals surface area contributed by atoms with Crippen molar-refractivity contribution in [3.05, 3.63) is 64.7 Å². The third kappa shape index (κ3) is 4.38. The van der Waals surface area contributed by atoms with Gasteiger partial charge in [-0.1, -0.05) is 25.5 Å². The lowest BCUT2D eigenvalue weighted by molar-refractivity contribution is -0.188. The molecule has 0 aromatic heterocycles. The molecule has 2 aliphatic rings. The fourth-order valence-electron chi connectivity index (χ4n) is 5.11. The molecule has 2 aromatic carbocycles. The van der Waals surface area contributed by atoms with Crippen molar-refractivity contribution >= 4 is 5.97 Å². The van der Waals surface area contributed by atoms with Crippen LogP contribution in [-0.2, 0) is 22.4 Å². The van der Waals surface area contributed by atoms with Gasteiger partial charge in [-0.25, -0.2) is 8.78 Å². The minimum absolute atomic E-state index is 0.104. The summed E-state index contributed by atoms with van der Waals surface area (Å²) in [6.07, 6.45) is 2.44. The summed E-state index contributed by atoms with van der Waals surface area (Å²) in [5.41, 5.74) is 2.23. The van der Waals surface area contributed by atoms with Gasteiger partial charge in [0, 0.05) is 11.5 Å². The van der Waals surface area contributed by atoms with Crippen molar-refractivity contribution in [1.82, 2.24) is 0 Å². The highest BCUT2D eigenvalue weighted by Crippen LogP contribution is 2.52. The van der Waals surface area contributed by atoms with Gasteiger partial charge >= 0.3 is 5.97 Å². The van der Waals surface area contributed by atoms with Gasteiger partial charge in [-0.2, -0.15) is 0 Å². The Bertz CT molecular complexity index is 1000. The Labute approximate surface area is 187 Å². The number of carboxylic acids is 1. The van der Waals surface area contributed by atoms with Crippen molar-refractivity contribution in [2.24, 2.45) is 11.8 Å². The second kappa shape index (κ2) is 8.81. The van der Waals surface area contributed by atoms with Crippen molar-refractivity contribution in [2.75, 3.05) is 0 Å². The van der Waals surface area contributed by atoms with Crippen LogP contribution < -0.4 is 4.74 Å². The molecule has 1 saturated heterocycles. The van der Waals surface area contributed by atoms with Gasteiger partial charge < -0.3 is 14.6 Å². The molecule has 4 rings (SSSR count). The molecule has 172 valence electrons. The number of hydrogen-bond donors (Lipinski definition) is 1. The van der Waals surface area contributed by atoms with Crippen LogP contribution in [0.15, 0.2) is 36.4 Å². The molecule has 0 spiro atoms. The van der Waals surface area contributed by atoms with Crippen LogP contribution in [0, 0.1) is 23.5 Å². The van der Waals surface area contributed by atoms with Gasteiger partial charge in [0.1, 0.15) is 11.4 Å². The summed E-state index contributed by atoms with van der Waals surface area (Å²) in [7, 11) is 0. The second-order valence-corrected chi connectivity index (χ2v) is 9.50. The summed E-state index contributed by atoms with van der Waals surface area (Å²) >= 11 is 0. The summed E-state index contributed by atoms with van der Waals surface area (Å²) in [6, 6.07) is 9.98. The van der Waals surface area contributed by atoms with E-state index < -0.39 is 35.2 Å². The van der Waals surface area contributed by atoms with Crippen LogP contribution in [0.2, 0.25) is 0 Å². The van der Waals surface area contributed by atoms with Gasteiger partial charge in [0.25, 0.3) is 0 Å². The predicted molar refractivity (Wildman–Crippen MR) is 117 cm³/mol. The summed E-state index contributed by atoms with van der Waals surface area (Å²) in [4.78, 5) is 12.1. The number of ether oxygens (including phenoxy) is 2. The highest BCUT2D eigenvalue weighted by molar-refractivity contribution is 5.71. The van der Waals surface area contributed by atoms with Gasteiger partial charge in [-0.15, -0.1) is 0 Å². The number of halogens is 2. The van der Waals surface area contributed by atoms with Gasteiger partial charge in [-0.05, 0) is 74.9 Å². The van der Waals surface area contributed by atoms with Crippen molar-refractivity contribution < 1.29 is 28.2 Å². The lowest BCUT2D eigenvalue weighted by Gasteiger charge is -2.50. The van der Waals surface area contributed by atoms with Crippen molar-refractivity contribution in [3.63, 3.8) is 0 Å². The number of fused-ring (bicyclic) bond motifs is 3. The largest absolute Gasteiger partial charge is 0.487 e. The number of carbonyl (C=O) groups is 1. The van der Waals surface area contributed by atoms with Crippen LogP contribution in [0.25, 0.3) is 0 Å². The van der Waals surface area contributed by atoms with Gasteiger partial charge in [0.2, 0.25) is 0 Å². The number of carboxylic acid groups (broad SMARTS) is 1. The minimum atomic E-state index is -0.903. The SMILES string of the molecule is CCCc1ccc2c(c1)[C@H]1O[C@@H](CCc3ccc(F)c(F)c3)[C@@H](C(=O)O)C[C@@H]1C(C)(C)O2. The maximum atomic E-state index is 13.6. The molecule has 0 radical (unpaired) electrons. The zero-order valence-electron chi connectivity index (χ0n) is 18.7. The van der Waals surface area contributed by atoms with E-state index in [-0.39, 0.29) is 12.0 Å². The first-order valence-electron chi connectivity index (χ1n) is 11.3. The molecular weight excluding hydrogens is 414 g/mol. The zero-order chi connectivity index (χ0) is 23.0. The van der Waals surface area contributed by atoms with E-state index in [2.05, 4.69) is 19.1 Å². The molecule has 0 unspecified atom stereocenters. The van der Waals surface area contributed by atoms with Crippen LogP contribution >= 0.6 is 0 Å². The normalized spacial score (nSPS) is 26.0. The lowest BCUT2D eigenvalue weighted by atomic mass is 9.71. The van der Waals surface area contributed by atoms with Gasteiger partial charge in [-0.3, -0.25) is 4.79 Å². The Hall–Kier alpha value is -2.47. The molecule has 4 atom stereocenters. The van der Waals surface area contributed by atoms with E-state index in [0.717, 1.165) is 30.2 Å². The van der Waals surface area contributed by atoms with E-state index in [0.29, 0.717) is 24.8 Å². The fraction of sp³-hybridized carbons (Fsp3) is 0.500. The van der Waals surface area contributed by atoms with E-state index in [1.165, 1.54) is 17.7 Å². The molecule has 2 heterocycles. The van der Waals surface area contributed by atoms with E-state index in [4.69, 9.17) is 9.47 Å². The fourth-order valence-corrected chi connectivity index (χ4v) is 5.11. The van der Waals surface area contributed by atoms with E-state index in [9.17, 15) is 18.7 Å². The van der Waals surface area contributed by atoms with Crippen molar-refractivity contribution in [2.45, 2.75) is 70.7 Å². The third-order valence-corrected chi connectivity index (χ3v) is 6.85. The average molecular weight is 445 g/mol. The predicted octanol–water partition coefficient (Wildman–Crippen LogP) is 5.87. The van der Waals surface area contributed by atoms with Crippen molar-refractivity contribution in [3.8, 4) is 5.75 Å². The Morgan fingerprint density at radius 2 is 1.81 bits per heavy atom. The average Bonchev–Trinajstić information content (AvgIpc) is 2.74. The highest BCUT2D eigenvalue weighted by Gasteiger charge is 2.51. The molecule has 0 saturated carbocycles. The molecule has 32 heavy (non-hydrogen) atoms. The number of aryl methyl sites for hydroxylation is 2. The molecular formula is C26H30F2O4. The Kier molecular flexibility index (Phi) is 6.26. The third-order valence-electron chi connectivity index (χ3n) is 6.85. The van der Waals surface area contributed by atoms with Crippen LogP contribution in [-0.4, -0.2) is 22.8 Å². The Morgan fingerprint density at radius 1 is 1.09 bits per heavy atom. The van der Waals surface area contributed by atoms with Gasteiger partial charge in [0.05, 0.1) is 18.1 Å². The van der Waals surface area contributed by atoms with E-state index in [1.807, 2.05) is 19.9 Å². The highest BCUT2D eigenvalue weighted by atomic mass is 19.2. The first kappa shape index (κ1) is 22.7. The zero-order valence-corrected chi connectivity index (χ0v) is 18.7. The number of aliphatic carboxylic acids is 1. The summed E-state index contributed by atoms with van der Waals surface area (Å²) in [5, 5.41) is 9.93. The lowest BCUT2D eigenvalue weighted by Crippen LogP contribution is -2.52. The smallest absolute Gasteiger partial charge is 0.309 e. The monoisotopic (exact) mass is 444 g/mol. The summed E-state index contributed by atoms with van der Waals surface area (Å²) < 4.78 is 39.7. The van der Waals surface area contributed by atoms with Crippen LogP contribution in [0.4, 0.5) is 8.78 Å². The van der Waals surface area contributed by atoms with Crippen LogP contribution in [0.1, 0.15) is 62.8 Å². The maximum Gasteiger partial charge on any atom is 0.309 e. The summed E-state index contributed by atoms with van der Waals surface area (Å²) in [5.74, 6) is -2.70. The molecule has 0 bridgehead atoms. The number of benzene rings is 2. The van der Waals surface area contributed by atoms with Crippen molar-refractivity contribution in [1.29, 1.82) is 0 Å². The van der Waals surface area contributed by atoms with E-state index >= 15 is 0 Å². The molecule has 0 aliphatic carbocycles. The summed E-state index contributed by atoms with van der Waals surface area (Å²) in [6.45, 7) is 6.10.